The van der Waals surface area contributed by atoms with Gasteiger partial charge in [-0.1, -0.05) is 20.3 Å². The second-order valence-corrected chi connectivity index (χ2v) is 5.73. The van der Waals surface area contributed by atoms with Crippen LogP contribution in [-0.4, -0.2) is 51.4 Å². The van der Waals surface area contributed by atoms with Gasteiger partial charge in [-0.15, -0.1) is 0 Å². The van der Waals surface area contributed by atoms with E-state index in [1.54, 1.807) is 0 Å². The number of nitrogens with zero attached hydrogens (tertiary/aromatic N) is 2. The zero-order chi connectivity index (χ0) is 20.1. The first-order valence-electron chi connectivity index (χ1n) is 8.05. The molecule has 0 saturated carbocycles. The van der Waals surface area contributed by atoms with Crippen molar-refractivity contribution in [3.05, 3.63) is 22.7 Å². The van der Waals surface area contributed by atoms with Crippen LogP contribution in [0.3, 0.4) is 0 Å². The second-order valence-electron chi connectivity index (χ2n) is 5.73. The minimum Gasteiger partial charge on any atom is -0.452 e. The molecule has 4 atom stereocenters. The average molecular weight is 378 g/mol. The van der Waals surface area contributed by atoms with E-state index < -0.39 is 48.7 Å². The van der Waals surface area contributed by atoms with Crippen molar-refractivity contribution in [3.8, 4) is 0 Å². The summed E-state index contributed by atoms with van der Waals surface area (Å²) in [7, 11) is 0. The average Bonchev–Trinajstić information content (AvgIpc) is 2.80. The molecule has 0 aliphatic carbocycles. The molecule has 2 heterocycles. The SMILES string of the molecule is CC(O)C1OC(n2ccc(N)nc2=O)C(F)(F)[C@@H]1OC(=O)CN.CCC. The van der Waals surface area contributed by atoms with Crippen molar-refractivity contribution in [1.82, 2.24) is 9.55 Å². The predicted octanol–water partition coefficient (Wildman–Crippen LogP) is 0.0258. The van der Waals surface area contributed by atoms with Gasteiger partial charge in [-0.2, -0.15) is 13.8 Å². The lowest BCUT2D eigenvalue weighted by Crippen LogP contribution is -2.46. The first kappa shape index (κ1) is 21.9. The minimum absolute atomic E-state index is 0.147. The van der Waals surface area contributed by atoms with E-state index in [-0.39, 0.29) is 5.82 Å². The number of rotatable bonds is 4. The highest BCUT2D eigenvalue weighted by Crippen LogP contribution is 2.44. The maximum absolute atomic E-state index is 14.6. The molecule has 148 valence electrons. The van der Waals surface area contributed by atoms with Gasteiger partial charge in [0.2, 0.25) is 6.23 Å². The molecule has 1 saturated heterocycles. The molecule has 1 fully saturated rings. The summed E-state index contributed by atoms with van der Waals surface area (Å²) in [5, 5.41) is 9.61. The van der Waals surface area contributed by atoms with Crippen molar-refractivity contribution in [1.29, 1.82) is 0 Å². The summed E-state index contributed by atoms with van der Waals surface area (Å²) in [6, 6.07) is 1.14. The number of ether oxygens (including phenoxy) is 2. The topological polar surface area (TPSA) is 143 Å². The lowest BCUT2D eigenvalue weighted by molar-refractivity contribution is -0.175. The third-order valence-corrected chi connectivity index (χ3v) is 3.30. The van der Waals surface area contributed by atoms with E-state index in [2.05, 4.69) is 23.6 Å². The number of aliphatic hydroxyl groups is 1. The number of aliphatic hydroxyl groups excluding tert-OH is 1. The third-order valence-electron chi connectivity index (χ3n) is 3.30. The van der Waals surface area contributed by atoms with E-state index in [9.17, 15) is 23.5 Å². The largest absolute Gasteiger partial charge is 0.452 e. The van der Waals surface area contributed by atoms with Crippen LogP contribution in [0.25, 0.3) is 0 Å². The summed E-state index contributed by atoms with van der Waals surface area (Å²) in [5.41, 5.74) is 9.28. The number of anilines is 1. The fraction of sp³-hybridized carbons (Fsp3) is 0.667. The van der Waals surface area contributed by atoms with Crippen LogP contribution >= 0.6 is 0 Å². The molecule has 0 radical (unpaired) electrons. The molecule has 1 aromatic rings. The number of esters is 1. The van der Waals surface area contributed by atoms with Crippen molar-refractivity contribution in [2.24, 2.45) is 5.73 Å². The molecule has 3 unspecified atom stereocenters. The van der Waals surface area contributed by atoms with Crippen molar-refractivity contribution < 1.29 is 28.2 Å². The maximum atomic E-state index is 14.6. The Morgan fingerprint density at radius 2 is 2.12 bits per heavy atom. The van der Waals surface area contributed by atoms with Gasteiger partial charge in [-0.05, 0) is 13.0 Å². The zero-order valence-electron chi connectivity index (χ0n) is 14.8. The molecule has 1 aliphatic rings. The number of aromatic nitrogens is 2. The van der Waals surface area contributed by atoms with Crippen LogP contribution in [0.4, 0.5) is 14.6 Å². The van der Waals surface area contributed by atoms with Gasteiger partial charge in [0.1, 0.15) is 11.9 Å². The standard InChI is InChI=1S/C12H16F2N4O5.C3H8/c1-5(19)8-9(22-7(20)4-15)12(13,14)10(23-8)18-3-2-6(16)17-11(18)21;1-3-2/h2-3,5,8-10,19H,4,15H2,1H3,(H2,16,17,21);3H2,1-2H3/t5?,8?,9-,10?;/m1./s1. The molecule has 5 N–H and O–H groups in total. The Labute approximate surface area is 148 Å². The highest BCUT2D eigenvalue weighted by Gasteiger charge is 2.63. The van der Waals surface area contributed by atoms with E-state index >= 15 is 0 Å². The van der Waals surface area contributed by atoms with Crippen molar-refractivity contribution >= 4 is 11.8 Å². The molecule has 1 aromatic heterocycles. The Bertz CT molecular complexity index is 668. The summed E-state index contributed by atoms with van der Waals surface area (Å²) in [6.07, 6.45) is -4.92. The molecule has 2 rings (SSSR count). The normalized spacial score (nSPS) is 25.1. The van der Waals surface area contributed by atoms with E-state index in [4.69, 9.17) is 16.2 Å². The quantitative estimate of drug-likeness (QED) is 0.623. The Morgan fingerprint density at radius 3 is 2.58 bits per heavy atom. The molecule has 0 aromatic carbocycles. The highest BCUT2D eigenvalue weighted by molar-refractivity contribution is 5.71. The maximum Gasteiger partial charge on any atom is 0.351 e. The smallest absolute Gasteiger partial charge is 0.351 e. The van der Waals surface area contributed by atoms with E-state index in [0.29, 0.717) is 4.57 Å². The Hall–Kier alpha value is -2.11. The van der Waals surface area contributed by atoms with Gasteiger partial charge in [0.25, 0.3) is 0 Å². The molecule has 0 amide bonds. The number of halogens is 2. The lowest BCUT2D eigenvalue weighted by Gasteiger charge is -2.24. The third kappa shape index (κ3) is 4.74. The number of nitrogens with two attached hydrogens (primary N) is 2. The van der Waals surface area contributed by atoms with Gasteiger partial charge < -0.3 is 26.0 Å². The van der Waals surface area contributed by atoms with Crippen LogP contribution in [0.2, 0.25) is 0 Å². The molecule has 0 spiro atoms. The summed E-state index contributed by atoms with van der Waals surface area (Å²) in [5.74, 6) is -5.04. The number of hydrogen-bond acceptors (Lipinski definition) is 8. The first-order valence-corrected chi connectivity index (χ1v) is 8.05. The Morgan fingerprint density at radius 1 is 1.54 bits per heavy atom. The van der Waals surface area contributed by atoms with Crippen molar-refractivity contribution in [2.45, 2.75) is 57.7 Å². The monoisotopic (exact) mass is 378 g/mol. The van der Waals surface area contributed by atoms with Gasteiger partial charge in [0, 0.05) is 6.20 Å². The number of hydrogen-bond donors (Lipinski definition) is 3. The zero-order valence-corrected chi connectivity index (χ0v) is 14.8. The van der Waals surface area contributed by atoms with Crippen LogP contribution in [0.15, 0.2) is 17.1 Å². The molecule has 1 aliphatic heterocycles. The van der Waals surface area contributed by atoms with Crippen molar-refractivity contribution in [3.63, 3.8) is 0 Å². The van der Waals surface area contributed by atoms with Crippen LogP contribution in [0.1, 0.15) is 33.4 Å². The minimum atomic E-state index is -3.80. The lowest BCUT2D eigenvalue weighted by atomic mass is 10.1. The fourth-order valence-corrected chi connectivity index (χ4v) is 2.23. The molecular formula is C15H24F2N4O5. The van der Waals surface area contributed by atoms with Gasteiger partial charge in [-0.25, -0.2) is 4.79 Å². The summed E-state index contributed by atoms with van der Waals surface area (Å²) >= 11 is 0. The molecular weight excluding hydrogens is 354 g/mol. The molecule has 26 heavy (non-hydrogen) atoms. The molecule has 11 heteroatoms. The van der Waals surface area contributed by atoms with E-state index in [0.717, 1.165) is 12.3 Å². The van der Waals surface area contributed by atoms with Crippen LogP contribution < -0.4 is 17.2 Å². The van der Waals surface area contributed by atoms with Crippen LogP contribution in [0.5, 0.6) is 0 Å². The molecule has 9 nitrogen and oxygen atoms in total. The first-order chi connectivity index (χ1) is 12.1. The Balaban J connectivity index is 0.00000105. The van der Waals surface area contributed by atoms with E-state index in [1.165, 1.54) is 13.3 Å². The summed E-state index contributed by atoms with van der Waals surface area (Å²) in [6.45, 7) is 4.82. The van der Waals surface area contributed by atoms with Gasteiger partial charge >= 0.3 is 17.6 Å². The van der Waals surface area contributed by atoms with Gasteiger partial charge in [0.05, 0.1) is 12.6 Å². The van der Waals surface area contributed by atoms with Crippen LogP contribution in [0, 0.1) is 0 Å². The summed E-state index contributed by atoms with van der Waals surface area (Å²) in [4.78, 5) is 26.3. The number of carbonyl (C=O) groups excluding carboxylic acids is 1. The number of alkyl halides is 2. The predicted molar refractivity (Wildman–Crippen MR) is 88.3 cm³/mol. The number of carbonyl (C=O) groups is 1. The fourth-order valence-electron chi connectivity index (χ4n) is 2.23. The number of nitrogen functional groups attached to an aromatic ring is 1. The van der Waals surface area contributed by atoms with E-state index in [1.807, 2.05) is 0 Å². The molecule has 0 bridgehead atoms. The van der Waals surface area contributed by atoms with Gasteiger partial charge in [0.15, 0.2) is 6.10 Å². The van der Waals surface area contributed by atoms with Crippen LogP contribution in [-0.2, 0) is 14.3 Å². The van der Waals surface area contributed by atoms with Crippen molar-refractivity contribution in [2.75, 3.05) is 12.3 Å². The highest BCUT2D eigenvalue weighted by atomic mass is 19.3. The Kier molecular flexibility index (Phi) is 7.60. The summed E-state index contributed by atoms with van der Waals surface area (Å²) < 4.78 is 39.3. The van der Waals surface area contributed by atoms with Gasteiger partial charge in [-0.3, -0.25) is 9.36 Å². The second kappa shape index (κ2) is 9.01.